The first-order valence-electron chi connectivity index (χ1n) is 7.58. The van der Waals surface area contributed by atoms with Gasteiger partial charge >= 0.3 is 0 Å². The van der Waals surface area contributed by atoms with Gasteiger partial charge in [-0.2, -0.15) is 10.2 Å². The van der Waals surface area contributed by atoms with Gasteiger partial charge in [-0.25, -0.2) is 0 Å². The number of aromatic nitrogens is 4. The van der Waals surface area contributed by atoms with Crippen LogP contribution in [0.2, 0.25) is 0 Å². The molecule has 1 aliphatic carbocycles. The molecule has 0 unspecified atom stereocenters. The van der Waals surface area contributed by atoms with E-state index < -0.39 is 0 Å². The van der Waals surface area contributed by atoms with Crippen molar-refractivity contribution in [1.29, 1.82) is 0 Å². The molecule has 0 aliphatic heterocycles. The van der Waals surface area contributed by atoms with Gasteiger partial charge in [0.05, 0.1) is 30.1 Å². The van der Waals surface area contributed by atoms with Crippen molar-refractivity contribution in [1.82, 2.24) is 25.3 Å². The fourth-order valence-electron chi connectivity index (χ4n) is 2.97. The molecule has 2 heterocycles. The SMILES string of the molecule is CCc1[nH]ncc1C(=O)N[C@@H](c1cnn(C)c1)C1CC(O)C1. The van der Waals surface area contributed by atoms with Crippen molar-refractivity contribution in [2.45, 2.75) is 38.3 Å². The van der Waals surface area contributed by atoms with Gasteiger partial charge in [0.1, 0.15) is 0 Å². The van der Waals surface area contributed by atoms with E-state index in [0.29, 0.717) is 18.4 Å². The van der Waals surface area contributed by atoms with E-state index in [9.17, 15) is 9.90 Å². The zero-order valence-electron chi connectivity index (χ0n) is 12.8. The van der Waals surface area contributed by atoms with Crippen LogP contribution >= 0.6 is 0 Å². The molecular formula is C15H21N5O2. The lowest BCUT2D eigenvalue weighted by atomic mass is 9.75. The van der Waals surface area contributed by atoms with Crippen molar-refractivity contribution >= 4 is 5.91 Å². The summed E-state index contributed by atoms with van der Waals surface area (Å²) in [6.07, 6.45) is 7.10. The Morgan fingerprint density at radius 2 is 2.32 bits per heavy atom. The first-order chi connectivity index (χ1) is 10.6. The third kappa shape index (κ3) is 2.76. The standard InChI is InChI=1S/C15H21N5O2/c1-3-13-12(7-16-19-13)15(22)18-14(9-4-11(21)5-9)10-6-17-20(2)8-10/h6-9,11,14,21H,3-5H2,1-2H3,(H,16,19)(H,18,22)/t9?,11?,14-/m1/s1. The van der Waals surface area contributed by atoms with E-state index >= 15 is 0 Å². The topological polar surface area (TPSA) is 95.8 Å². The summed E-state index contributed by atoms with van der Waals surface area (Å²) in [5.74, 6) is 0.0981. The lowest BCUT2D eigenvalue weighted by Gasteiger charge is -2.37. The van der Waals surface area contributed by atoms with Gasteiger partial charge < -0.3 is 10.4 Å². The highest BCUT2D eigenvalue weighted by atomic mass is 16.3. The molecule has 22 heavy (non-hydrogen) atoms. The highest BCUT2D eigenvalue weighted by molar-refractivity contribution is 5.95. The zero-order chi connectivity index (χ0) is 15.7. The number of nitrogens with one attached hydrogen (secondary N) is 2. The molecule has 3 rings (SSSR count). The Balaban J connectivity index is 1.79. The van der Waals surface area contributed by atoms with E-state index in [1.165, 1.54) is 0 Å². The number of aliphatic hydroxyl groups excluding tert-OH is 1. The molecule has 1 saturated carbocycles. The summed E-state index contributed by atoms with van der Waals surface area (Å²) in [4.78, 5) is 12.5. The Morgan fingerprint density at radius 1 is 1.55 bits per heavy atom. The van der Waals surface area contributed by atoms with E-state index in [1.807, 2.05) is 20.2 Å². The van der Waals surface area contributed by atoms with Crippen LogP contribution in [0.25, 0.3) is 0 Å². The van der Waals surface area contributed by atoms with Crippen LogP contribution in [0.4, 0.5) is 0 Å². The van der Waals surface area contributed by atoms with Crippen LogP contribution in [0.1, 0.15) is 47.4 Å². The minimum absolute atomic E-state index is 0.135. The number of carbonyl (C=O) groups is 1. The number of aryl methyl sites for hydroxylation is 2. The summed E-state index contributed by atoms with van der Waals surface area (Å²) >= 11 is 0. The van der Waals surface area contributed by atoms with Gasteiger partial charge in [0.15, 0.2) is 0 Å². The Bertz CT molecular complexity index is 656. The Hall–Kier alpha value is -2.15. The van der Waals surface area contributed by atoms with Gasteiger partial charge in [-0.1, -0.05) is 6.92 Å². The molecule has 7 nitrogen and oxygen atoms in total. The zero-order valence-corrected chi connectivity index (χ0v) is 12.8. The summed E-state index contributed by atoms with van der Waals surface area (Å²) in [6.45, 7) is 1.98. The van der Waals surface area contributed by atoms with E-state index in [2.05, 4.69) is 20.6 Å². The predicted octanol–water partition coefficient (Wildman–Crippen LogP) is 0.948. The summed E-state index contributed by atoms with van der Waals surface area (Å²) in [5, 5.41) is 23.6. The molecule has 0 spiro atoms. The molecule has 0 radical (unpaired) electrons. The number of hydrogen-bond donors (Lipinski definition) is 3. The van der Waals surface area contributed by atoms with Crippen molar-refractivity contribution < 1.29 is 9.90 Å². The molecule has 2 aromatic heterocycles. The maximum absolute atomic E-state index is 12.5. The third-order valence-corrected chi connectivity index (χ3v) is 4.31. The van der Waals surface area contributed by atoms with Crippen LogP contribution in [0, 0.1) is 5.92 Å². The van der Waals surface area contributed by atoms with Crippen molar-refractivity contribution in [3.8, 4) is 0 Å². The van der Waals surface area contributed by atoms with Gasteiger partial charge in [0, 0.05) is 24.5 Å². The second-order valence-electron chi connectivity index (χ2n) is 5.90. The predicted molar refractivity (Wildman–Crippen MR) is 80.1 cm³/mol. The molecule has 7 heteroatoms. The molecule has 1 fully saturated rings. The maximum Gasteiger partial charge on any atom is 0.255 e. The molecule has 1 aliphatic rings. The van der Waals surface area contributed by atoms with Crippen molar-refractivity contribution in [2.75, 3.05) is 0 Å². The van der Waals surface area contributed by atoms with Crippen molar-refractivity contribution in [3.05, 3.63) is 35.4 Å². The van der Waals surface area contributed by atoms with E-state index in [4.69, 9.17) is 0 Å². The molecule has 0 bridgehead atoms. The van der Waals surface area contributed by atoms with Crippen LogP contribution in [0.3, 0.4) is 0 Å². The van der Waals surface area contributed by atoms with E-state index in [-0.39, 0.29) is 24.0 Å². The minimum Gasteiger partial charge on any atom is -0.393 e. The lowest BCUT2D eigenvalue weighted by molar-refractivity contribution is 0.0235. The second-order valence-corrected chi connectivity index (χ2v) is 5.90. The monoisotopic (exact) mass is 303 g/mol. The maximum atomic E-state index is 12.5. The smallest absolute Gasteiger partial charge is 0.255 e. The summed E-state index contributed by atoms with van der Waals surface area (Å²) in [5.41, 5.74) is 2.38. The number of hydrogen-bond acceptors (Lipinski definition) is 4. The first kappa shape index (κ1) is 14.8. The Kier molecular flexibility index (Phi) is 3.98. The van der Waals surface area contributed by atoms with Crippen molar-refractivity contribution in [2.24, 2.45) is 13.0 Å². The Morgan fingerprint density at radius 3 is 2.91 bits per heavy atom. The fourth-order valence-corrected chi connectivity index (χ4v) is 2.97. The summed E-state index contributed by atoms with van der Waals surface area (Å²) in [7, 11) is 1.85. The average Bonchev–Trinajstić information content (AvgIpc) is 3.09. The van der Waals surface area contributed by atoms with Gasteiger partial charge in [0.2, 0.25) is 0 Å². The van der Waals surface area contributed by atoms with E-state index in [1.54, 1.807) is 17.1 Å². The number of H-pyrrole nitrogens is 1. The number of nitrogens with zero attached hydrogens (tertiary/aromatic N) is 3. The summed E-state index contributed by atoms with van der Waals surface area (Å²) < 4.78 is 1.72. The quantitative estimate of drug-likeness (QED) is 0.766. The molecule has 1 atom stereocenters. The van der Waals surface area contributed by atoms with Gasteiger partial charge in [-0.15, -0.1) is 0 Å². The van der Waals surface area contributed by atoms with Gasteiger partial charge in [-0.3, -0.25) is 14.6 Å². The molecule has 118 valence electrons. The molecule has 3 N–H and O–H groups in total. The molecular weight excluding hydrogens is 282 g/mol. The van der Waals surface area contributed by atoms with Crippen LogP contribution < -0.4 is 5.32 Å². The minimum atomic E-state index is -0.263. The lowest BCUT2D eigenvalue weighted by Crippen LogP contribution is -2.41. The highest BCUT2D eigenvalue weighted by Crippen LogP contribution is 2.38. The van der Waals surface area contributed by atoms with Gasteiger partial charge in [0.25, 0.3) is 5.91 Å². The fraction of sp³-hybridized carbons (Fsp3) is 0.533. The normalized spacial score (nSPS) is 22.1. The van der Waals surface area contributed by atoms with Crippen LogP contribution in [0.5, 0.6) is 0 Å². The summed E-state index contributed by atoms with van der Waals surface area (Å²) in [6, 6.07) is -0.135. The first-order valence-corrected chi connectivity index (χ1v) is 7.58. The molecule has 1 amide bonds. The molecule has 0 aromatic carbocycles. The Labute approximate surface area is 128 Å². The second kappa shape index (κ2) is 5.92. The number of aromatic amines is 1. The average molecular weight is 303 g/mol. The highest BCUT2D eigenvalue weighted by Gasteiger charge is 2.36. The molecule has 2 aromatic rings. The number of aliphatic hydroxyl groups is 1. The van der Waals surface area contributed by atoms with Crippen LogP contribution in [-0.4, -0.2) is 37.1 Å². The van der Waals surface area contributed by atoms with Crippen molar-refractivity contribution in [3.63, 3.8) is 0 Å². The number of carbonyl (C=O) groups excluding carboxylic acids is 1. The number of rotatable bonds is 5. The van der Waals surface area contributed by atoms with Gasteiger partial charge in [-0.05, 0) is 25.2 Å². The third-order valence-electron chi connectivity index (χ3n) is 4.31. The number of amides is 1. The van der Waals surface area contributed by atoms with Crippen LogP contribution in [0.15, 0.2) is 18.6 Å². The van der Waals surface area contributed by atoms with Crippen LogP contribution in [-0.2, 0) is 13.5 Å². The molecule has 0 saturated heterocycles. The van der Waals surface area contributed by atoms with E-state index in [0.717, 1.165) is 17.7 Å². The largest absolute Gasteiger partial charge is 0.393 e.